The summed E-state index contributed by atoms with van der Waals surface area (Å²) in [5.74, 6) is 0.874. The smallest absolute Gasteiger partial charge is 0.138 e. The first-order valence-electron chi connectivity index (χ1n) is 5.46. The molecule has 2 heterocycles. The number of hydrogen-bond donors (Lipinski definition) is 2. The fourth-order valence-corrected chi connectivity index (χ4v) is 2.46. The molecule has 0 aliphatic rings. The average Bonchev–Trinajstić information content (AvgIpc) is 2.96. The molecule has 16 heavy (non-hydrogen) atoms. The highest BCUT2D eigenvalue weighted by Crippen LogP contribution is 2.23. The molecule has 2 rings (SSSR count). The Morgan fingerprint density at radius 3 is 3.00 bits per heavy atom. The Morgan fingerprint density at radius 1 is 1.50 bits per heavy atom. The molecule has 0 amide bonds. The lowest BCUT2D eigenvalue weighted by Gasteiger charge is -2.10. The molecule has 0 bridgehead atoms. The van der Waals surface area contributed by atoms with Gasteiger partial charge < -0.3 is 5.32 Å². The summed E-state index contributed by atoms with van der Waals surface area (Å²) in [6.07, 6.45) is 2.64. The summed E-state index contributed by atoms with van der Waals surface area (Å²) in [5, 5.41) is 10.1. The van der Waals surface area contributed by atoms with Gasteiger partial charge in [0.2, 0.25) is 0 Å². The van der Waals surface area contributed by atoms with E-state index in [4.69, 9.17) is 0 Å². The van der Waals surface area contributed by atoms with E-state index in [1.807, 2.05) is 11.3 Å². The Morgan fingerprint density at radius 2 is 2.38 bits per heavy atom. The molecule has 0 radical (unpaired) electrons. The lowest BCUT2D eigenvalue weighted by molar-refractivity contribution is 0.567. The highest BCUT2D eigenvalue weighted by molar-refractivity contribution is 7.12. The summed E-state index contributed by atoms with van der Waals surface area (Å²) < 4.78 is 0. The molecular formula is C11H16N4S. The fraction of sp³-hybridized carbons (Fsp3) is 0.455. The Labute approximate surface area is 99.1 Å². The molecule has 0 aromatic carbocycles. The third-order valence-electron chi connectivity index (χ3n) is 2.50. The number of nitrogens with zero attached hydrogens (tertiary/aromatic N) is 2. The van der Waals surface area contributed by atoms with Gasteiger partial charge in [0.05, 0.1) is 6.54 Å². The molecule has 2 aromatic rings. The predicted octanol–water partition coefficient (Wildman–Crippen LogP) is 2.28. The summed E-state index contributed by atoms with van der Waals surface area (Å²) in [6, 6.07) is 4.75. The van der Waals surface area contributed by atoms with Crippen LogP contribution in [-0.2, 0) is 13.0 Å². The maximum absolute atomic E-state index is 4.08. The zero-order valence-electron chi connectivity index (χ0n) is 9.53. The van der Waals surface area contributed by atoms with Crippen molar-refractivity contribution in [3.8, 4) is 0 Å². The van der Waals surface area contributed by atoms with E-state index in [1.54, 1.807) is 0 Å². The van der Waals surface area contributed by atoms with Crippen LogP contribution in [-0.4, -0.2) is 15.2 Å². The topological polar surface area (TPSA) is 53.6 Å². The van der Waals surface area contributed by atoms with Crippen molar-refractivity contribution < 1.29 is 0 Å². The summed E-state index contributed by atoms with van der Waals surface area (Å²) >= 11 is 1.87. The third-order valence-corrected chi connectivity index (χ3v) is 3.91. The molecule has 2 N–H and O–H groups in total. The molecule has 0 saturated heterocycles. The monoisotopic (exact) mass is 236 g/mol. The van der Waals surface area contributed by atoms with Crippen LogP contribution in [0.5, 0.6) is 0 Å². The van der Waals surface area contributed by atoms with Crippen LogP contribution in [0.15, 0.2) is 18.5 Å². The minimum absolute atomic E-state index is 0.357. The van der Waals surface area contributed by atoms with Crippen molar-refractivity contribution in [2.75, 3.05) is 0 Å². The normalized spacial score (nSPS) is 12.9. The molecular weight excluding hydrogens is 220 g/mol. The second-order valence-electron chi connectivity index (χ2n) is 3.69. The molecule has 0 aliphatic carbocycles. The van der Waals surface area contributed by atoms with Crippen LogP contribution in [0.3, 0.4) is 0 Å². The summed E-state index contributed by atoms with van der Waals surface area (Å²) in [4.78, 5) is 6.88. The van der Waals surface area contributed by atoms with Crippen molar-refractivity contribution in [2.24, 2.45) is 0 Å². The number of thiophene rings is 1. The predicted molar refractivity (Wildman–Crippen MR) is 65.3 cm³/mol. The van der Waals surface area contributed by atoms with Gasteiger partial charge in [0.15, 0.2) is 0 Å². The molecule has 0 spiro atoms. The Kier molecular flexibility index (Phi) is 3.69. The Hall–Kier alpha value is -1.20. The van der Waals surface area contributed by atoms with Gasteiger partial charge in [-0.2, -0.15) is 5.10 Å². The van der Waals surface area contributed by atoms with Crippen molar-refractivity contribution in [1.82, 2.24) is 20.5 Å². The molecule has 2 aromatic heterocycles. The molecule has 1 unspecified atom stereocenters. The van der Waals surface area contributed by atoms with Crippen molar-refractivity contribution in [1.29, 1.82) is 0 Å². The molecule has 1 atom stereocenters. The average molecular weight is 236 g/mol. The zero-order valence-corrected chi connectivity index (χ0v) is 10.3. The number of hydrogen-bond acceptors (Lipinski definition) is 4. The number of rotatable bonds is 5. The van der Waals surface area contributed by atoms with Crippen molar-refractivity contribution in [3.05, 3.63) is 34.0 Å². The van der Waals surface area contributed by atoms with E-state index >= 15 is 0 Å². The SMILES string of the molecule is CCc1ccc(C(C)NCc2ncn[nH]2)s1. The lowest BCUT2D eigenvalue weighted by atomic mass is 10.2. The van der Waals surface area contributed by atoms with Gasteiger partial charge in [-0.05, 0) is 25.5 Å². The van der Waals surface area contributed by atoms with Gasteiger partial charge >= 0.3 is 0 Å². The van der Waals surface area contributed by atoms with E-state index in [-0.39, 0.29) is 0 Å². The first kappa shape index (κ1) is 11.3. The maximum atomic E-state index is 4.08. The molecule has 0 saturated carbocycles. The number of H-pyrrole nitrogens is 1. The molecule has 5 heteroatoms. The lowest BCUT2D eigenvalue weighted by Crippen LogP contribution is -2.17. The Bertz CT molecular complexity index is 421. The minimum atomic E-state index is 0.357. The second kappa shape index (κ2) is 5.23. The first-order chi connectivity index (χ1) is 7.79. The first-order valence-corrected chi connectivity index (χ1v) is 6.27. The van der Waals surface area contributed by atoms with Crippen molar-refractivity contribution in [3.63, 3.8) is 0 Å². The van der Waals surface area contributed by atoms with Crippen LogP contribution in [0.1, 0.15) is 35.5 Å². The second-order valence-corrected chi connectivity index (χ2v) is 4.89. The minimum Gasteiger partial charge on any atom is -0.302 e. The standard InChI is InChI=1S/C11H16N4S/c1-3-9-4-5-10(16-9)8(2)12-6-11-13-7-14-15-11/h4-5,7-8,12H,3,6H2,1-2H3,(H,13,14,15). The number of aromatic amines is 1. The van der Waals surface area contributed by atoms with Gasteiger partial charge in [-0.15, -0.1) is 11.3 Å². The highest BCUT2D eigenvalue weighted by atomic mass is 32.1. The summed E-state index contributed by atoms with van der Waals surface area (Å²) in [6.45, 7) is 5.07. The summed E-state index contributed by atoms with van der Waals surface area (Å²) in [5.41, 5.74) is 0. The van der Waals surface area contributed by atoms with Crippen LogP contribution >= 0.6 is 11.3 Å². The molecule has 0 aliphatic heterocycles. The largest absolute Gasteiger partial charge is 0.302 e. The quantitative estimate of drug-likeness (QED) is 0.837. The number of aryl methyl sites for hydroxylation is 1. The van der Waals surface area contributed by atoms with Crippen molar-refractivity contribution >= 4 is 11.3 Å². The molecule has 0 fully saturated rings. The van der Waals surface area contributed by atoms with E-state index in [1.165, 1.54) is 16.1 Å². The van der Waals surface area contributed by atoms with Crippen LogP contribution < -0.4 is 5.32 Å². The third kappa shape index (κ3) is 2.68. The molecule has 4 nitrogen and oxygen atoms in total. The summed E-state index contributed by atoms with van der Waals surface area (Å²) in [7, 11) is 0. The van der Waals surface area contributed by atoms with E-state index in [9.17, 15) is 0 Å². The molecule has 86 valence electrons. The van der Waals surface area contributed by atoms with E-state index in [0.29, 0.717) is 6.04 Å². The maximum Gasteiger partial charge on any atom is 0.138 e. The van der Waals surface area contributed by atoms with Gasteiger partial charge in [0.1, 0.15) is 12.2 Å². The van der Waals surface area contributed by atoms with E-state index in [0.717, 1.165) is 18.8 Å². The fourth-order valence-electron chi connectivity index (χ4n) is 1.48. The van der Waals surface area contributed by atoms with E-state index in [2.05, 4.69) is 46.5 Å². The van der Waals surface area contributed by atoms with Crippen molar-refractivity contribution in [2.45, 2.75) is 32.9 Å². The van der Waals surface area contributed by atoms with Gasteiger partial charge in [-0.1, -0.05) is 6.92 Å². The number of nitrogens with one attached hydrogen (secondary N) is 2. The van der Waals surface area contributed by atoms with Gasteiger partial charge in [0, 0.05) is 15.8 Å². The van der Waals surface area contributed by atoms with Crippen LogP contribution in [0.25, 0.3) is 0 Å². The zero-order chi connectivity index (χ0) is 11.4. The van der Waals surface area contributed by atoms with E-state index < -0.39 is 0 Å². The van der Waals surface area contributed by atoms with Gasteiger partial charge in [-0.3, -0.25) is 5.10 Å². The van der Waals surface area contributed by atoms with Crippen LogP contribution in [0.2, 0.25) is 0 Å². The van der Waals surface area contributed by atoms with Gasteiger partial charge in [0.25, 0.3) is 0 Å². The Balaban J connectivity index is 1.90. The highest BCUT2D eigenvalue weighted by Gasteiger charge is 2.08. The number of aromatic nitrogens is 3. The van der Waals surface area contributed by atoms with Crippen LogP contribution in [0.4, 0.5) is 0 Å². The van der Waals surface area contributed by atoms with Crippen LogP contribution in [0, 0.1) is 0 Å². The van der Waals surface area contributed by atoms with Gasteiger partial charge in [-0.25, -0.2) is 4.98 Å².